The van der Waals surface area contributed by atoms with Gasteiger partial charge in [-0.05, 0) is 12.5 Å². The number of aromatic amines is 1. The van der Waals surface area contributed by atoms with Crippen LogP contribution in [-0.4, -0.2) is 58.1 Å². The van der Waals surface area contributed by atoms with E-state index in [1.165, 1.54) is 12.1 Å². The standard InChI is InChI=1S/C13H17N5O2/c1-2-10(9-14)17-5-7-18(8-6-17)13(20)11-3-4-12(19)16-15-11/h3-4,10H,2,5-8H2,1H3,(H,16,19). The van der Waals surface area contributed by atoms with Crippen molar-refractivity contribution >= 4 is 5.91 Å². The van der Waals surface area contributed by atoms with Gasteiger partial charge in [-0.3, -0.25) is 14.5 Å². The maximum absolute atomic E-state index is 12.2. The molecule has 1 aliphatic heterocycles. The first kappa shape index (κ1) is 14.2. The van der Waals surface area contributed by atoms with E-state index in [4.69, 9.17) is 5.26 Å². The van der Waals surface area contributed by atoms with Crippen LogP contribution in [0.5, 0.6) is 0 Å². The highest BCUT2D eigenvalue weighted by Gasteiger charge is 2.26. The molecule has 0 spiro atoms. The van der Waals surface area contributed by atoms with Gasteiger partial charge in [0.25, 0.3) is 11.5 Å². The highest BCUT2D eigenvalue weighted by atomic mass is 16.2. The lowest BCUT2D eigenvalue weighted by molar-refractivity contribution is 0.0597. The van der Waals surface area contributed by atoms with Crippen LogP contribution in [0.3, 0.4) is 0 Å². The molecule has 0 aliphatic carbocycles. The molecule has 2 heterocycles. The first-order chi connectivity index (χ1) is 9.65. The summed E-state index contributed by atoms with van der Waals surface area (Å²) in [5.74, 6) is -0.189. The molecular formula is C13H17N5O2. The number of amides is 1. The average Bonchev–Trinajstić information content (AvgIpc) is 2.49. The van der Waals surface area contributed by atoms with Gasteiger partial charge in [0.1, 0.15) is 5.69 Å². The minimum absolute atomic E-state index is 0.0848. The molecule has 7 heteroatoms. The van der Waals surface area contributed by atoms with Crippen LogP contribution < -0.4 is 5.56 Å². The van der Waals surface area contributed by atoms with Gasteiger partial charge >= 0.3 is 0 Å². The molecule has 1 atom stereocenters. The molecule has 1 aromatic rings. The molecular weight excluding hydrogens is 258 g/mol. The fourth-order valence-corrected chi connectivity index (χ4v) is 2.29. The minimum Gasteiger partial charge on any atom is -0.335 e. The lowest BCUT2D eigenvalue weighted by atomic mass is 10.1. The van der Waals surface area contributed by atoms with Crippen LogP contribution in [0.15, 0.2) is 16.9 Å². The fourth-order valence-electron chi connectivity index (χ4n) is 2.29. The van der Waals surface area contributed by atoms with Gasteiger partial charge < -0.3 is 4.90 Å². The Labute approximate surface area is 116 Å². The SMILES string of the molecule is CCC(C#N)N1CCN(C(=O)c2ccc(=O)[nH]n2)CC1. The summed E-state index contributed by atoms with van der Waals surface area (Å²) in [6.45, 7) is 4.48. The number of nitrogens with one attached hydrogen (secondary N) is 1. The summed E-state index contributed by atoms with van der Waals surface area (Å²) >= 11 is 0. The Morgan fingerprint density at radius 1 is 1.45 bits per heavy atom. The first-order valence-electron chi connectivity index (χ1n) is 6.64. The van der Waals surface area contributed by atoms with Crippen molar-refractivity contribution < 1.29 is 4.79 Å². The zero-order valence-electron chi connectivity index (χ0n) is 11.4. The van der Waals surface area contributed by atoms with Crippen LogP contribution >= 0.6 is 0 Å². The summed E-state index contributed by atoms with van der Waals surface area (Å²) in [6, 6.07) is 4.91. The van der Waals surface area contributed by atoms with E-state index in [1.807, 2.05) is 6.92 Å². The summed E-state index contributed by atoms with van der Waals surface area (Å²) in [4.78, 5) is 26.9. The van der Waals surface area contributed by atoms with Gasteiger partial charge in [-0.15, -0.1) is 0 Å². The van der Waals surface area contributed by atoms with Crippen molar-refractivity contribution in [1.29, 1.82) is 5.26 Å². The molecule has 0 radical (unpaired) electrons. The summed E-state index contributed by atoms with van der Waals surface area (Å²) in [5.41, 5.74) is -0.0865. The van der Waals surface area contributed by atoms with Crippen LogP contribution in [0, 0.1) is 11.3 Å². The predicted octanol–water partition coefficient (Wildman–Crippen LogP) is -0.170. The zero-order chi connectivity index (χ0) is 14.5. The number of hydrogen-bond acceptors (Lipinski definition) is 5. The molecule has 1 fully saturated rings. The fraction of sp³-hybridized carbons (Fsp3) is 0.538. The number of rotatable bonds is 3. The van der Waals surface area contributed by atoms with E-state index >= 15 is 0 Å². The smallest absolute Gasteiger partial charge is 0.274 e. The molecule has 1 N–H and O–H groups in total. The Morgan fingerprint density at radius 3 is 2.65 bits per heavy atom. The predicted molar refractivity (Wildman–Crippen MR) is 72.0 cm³/mol. The molecule has 1 unspecified atom stereocenters. The molecule has 2 rings (SSSR count). The number of piperazine rings is 1. The van der Waals surface area contributed by atoms with E-state index in [2.05, 4.69) is 21.2 Å². The molecule has 1 amide bonds. The monoisotopic (exact) mass is 275 g/mol. The van der Waals surface area contributed by atoms with Crippen LogP contribution in [0.4, 0.5) is 0 Å². The van der Waals surface area contributed by atoms with Crippen molar-refractivity contribution in [2.45, 2.75) is 19.4 Å². The molecule has 106 valence electrons. The van der Waals surface area contributed by atoms with E-state index < -0.39 is 0 Å². The van der Waals surface area contributed by atoms with Gasteiger partial charge in [0.15, 0.2) is 0 Å². The maximum atomic E-state index is 12.2. The van der Waals surface area contributed by atoms with Gasteiger partial charge in [0.2, 0.25) is 0 Å². The Morgan fingerprint density at radius 2 is 2.15 bits per heavy atom. The van der Waals surface area contributed by atoms with Crippen molar-refractivity contribution in [3.63, 3.8) is 0 Å². The summed E-state index contributed by atoms with van der Waals surface area (Å²) in [7, 11) is 0. The second-order valence-electron chi connectivity index (χ2n) is 4.69. The molecule has 0 aromatic carbocycles. The van der Waals surface area contributed by atoms with Gasteiger partial charge in [-0.25, -0.2) is 5.10 Å². The molecule has 20 heavy (non-hydrogen) atoms. The van der Waals surface area contributed by atoms with Crippen LogP contribution in [0.25, 0.3) is 0 Å². The number of aromatic nitrogens is 2. The number of nitrogens with zero attached hydrogens (tertiary/aromatic N) is 4. The Balaban J connectivity index is 1.97. The lowest BCUT2D eigenvalue weighted by Gasteiger charge is -2.36. The quantitative estimate of drug-likeness (QED) is 0.826. The van der Waals surface area contributed by atoms with Crippen molar-refractivity contribution in [3.8, 4) is 6.07 Å². The van der Waals surface area contributed by atoms with Crippen molar-refractivity contribution in [2.75, 3.05) is 26.2 Å². The minimum atomic E-state index is -0.328. The number of H-pyrrole nitrogens is 1. The van der Waals surface area contributed by atoms with Crippen molar-refractivity contribution in [3.05, 3.63) is 28.2 Å². The van der Waals surface area contributed by atoms with E-state index in [-0.39, 0.29) is 23.2 Å². The van der Waals surface area contributed by atoms with Gasteiger partial charge in [-0.2, -0.15) is 10.4 Å². The summed E-state index contributed by atoms with van der Waals surface area (Å²) < 4.78 is 0. The number of hydrogen-bond donors (Lipinski definition) is 1. The Hall–Kier alpha value is -2.20. The van der Waals surface area contributed by atoms with Crippen LogP contribution in [0.1, 0.15) is 23.8 Å². The number of carbonyl (C=O) groups is 1. The third-order valence-corrected chi connectivity index (χ3v) is 3.48. The second kappa shape index (κ2) is 6.30. The second-order valence-corrected chi connectivity index (χ2v) is 4.69. The highest BCUT2D eigenvalue weighted by molar-refractivity contribution is 5.92. The van der Waals surface area contributed by atoms with E-state index in [0.717, 1.165) is 6.42 Å². The van der Waals surface area contributed by atoms with Gasteiger partial charge in [0.05, 0.1) is 12.1 Å². The highest BCUT2D eigenvalue weighted by Crippen LogP contribution is 2.10. The Bertz CT molecular complexity index is 548. The normalized spacial score (nSPS) is 17.5. The maximum Gasteiger partial charge on any atom is 0.274 e. The lowest BCUT2D eigenvalue weighted by Crippen LogP contribution is -2.51. The third-order valence-electron chi connectivity index (χ3n) is 3.48. The van der Waals surface area contributed by atoms with Gasteiger partial charge in [-0.1, -0.05) is 6.92 Å². The number of carbonyl (C=O) groups excluding carboxylic acids is 1. The first-order valence-corrected chi connectivity index (χ1v) is 6.64. The van der Waals surface area contributed by atoms with E-state index in [1.54, 1.807) is 4.90 Å². The molecule has 1 aliphatic rings. The summed E-state index contributed by atoms with van der Waals surface area (Å²) in [6.07, 6.45) is 0.784. The Kier molecular flexibility index (Phi) is 4.48. The molecule has 0 bridgehead atoms. The topological polar surface area (TPSA) is 93.1 Å². The van der Waals surface area contributed by atoms with E-state index in [9.17, 15) is 9.59 Å². The van der Waals surface area contributed by atoms with Crippen LogP contribution in [-0.2, 0) is 0 Å². The number of nitriles is 1. The molecule has 0 saturated carbocycles. The largest absolute Gasteiger partial charge is 0.335 e. The van der Waals surface area contributed by atoms with Crippen LogP contribution in [0.2, 0.25) is 0 Å². The molecule has 7 nitrogen and oxygen atoms in total. The average molecular weight is 275 g/mol. The van der Waals surface area contributed by atoms with Gasteiger partial charge in [0, 0.05) is 32.2 Å². The molecule has 1 saturated heterocycles. The third kappa shape index (κ3) is 3.03. The summed E-state index contributed by atoms with van der Waals surface area (Å²) in [5, 5.41) is 15.0. The van der Waals surface area contributed by atoms with Crippen molar-refractivity contribution in [1.82, 2.24) is 20.0 Å². The molecule has 1 aromatic heterocycles. The zero-order valence-corrected chi connectivity index (χ0v) is 11.4. The van der Waals surface area contributed by atoms with Crippen molar-refractivity contribution in [2.24, 2.45) is 0 Å². The van der Waals surface area contributed by atoms with E-state index in [0.29, 0.717) is 26.2 Å².